The number of imide groups is 1. The summed E-state index contributed by atoms with van der Waals surface area (Å²) < 4.78 is 5.26. The minimum Gasteiger partial charge on any atom is -0.497 e. The first kappa shape index (κ1) is 21.4. The molecule has 1 aliphatic rings. The van der Waals surface area contributed by atoms with Crippen molar-refractivity contribution in [2.24, 2.45) is 0 Å². The molecule has 0 saturated carbocycles. The molecule has 4 rings (SSSR count). The van der Waals surface area contributed by atoms with Crippen molar-refractivity contribution in [1.82, 2.24) is 0 Å². The summed E-state index contributed by atoms with van der Waals surface area (Å²) in [5.74, 6) is -0.0290. The summed E-state index contributed by atoms with van der Waals surface area (Å²) >= 11 is 0. The molecule has 0 unspecified atom stereocenters. The molecule has 1 N–H and O–H groups in total. The fraction of sp³-hybridized carbons (Fsp3) is 0.185. The van der Waals surface area contributed by atoms with Crippen molar-refractivity contribution in [3.05, 3.63) is 94.2 Å². The summed E-state index contributed by atoms with van der Waals surface area (Å²) in [6, 6.07) is 18.8. The second-order valence-electron chi connectivity index (χ2n) is 8.09. The van der Waals surface area contributed by atoms with Crippen LogP contribution < -0.4 is 15.0 Å². The summed E-state index contributed by atoms with van der Waals surface area (Å²) in [6.07, 6.45) is 0. The maximum Gasteiger partial charge on any atom is 0.282 e. The van der Waals surface area contributed by atoms with Gasteiger partial charge in [0.25, 0.3) is 11.8 Å². The lowest BCUT2D eigenvalue weighted by molar-refractivity contribution is -0.120. The Morgan fingerprint density at radius 1 is 0.812 bits per heavy atom. The van der Waals surface area contributed by atoms with Crippen molar-refractivity contribution >= 4 is 28.8 Å². The van der Waals surface area contributed by atoms with E-state index in [4.69, 9.17) is 4.74 Å². The lowest BCUT2D eigenvalue weighted by Crippen LogP contribution is -2.33. The Balaban J connectivity index is 1.87. The highest BCUT2D eigenvalue weighted by Crippen LogP contribution is 2.36. The van der Waals surface area contributed by atoms with Crippen LogP contribution in [0.4, 0.5) is 11.4 Å². The number of benzene rings is 3. The van der Waals surface area contributed by atoms with Crippen LogP contribution in [0.2, 0.25) is 0 Å². The Morgan fingerprint density at radius 3 is 2.22 bits per heavy atom. The minimum absolute atomic E-state index is 0.273. The standard InChI is InChI=1S/C27H26N2O3/c1-16-9-10-18(3)22(15-16)28-25-24(20-11-13-21(32-5)14-12-20)26(30)29(27(25)31)23-8-6-7-17(2)19(23)4/h6-15,28H,1-5H3. The number of amides is 2. The molecular weight excluding hydrogens is 400 g/mol. The molecule has 0 aliphatic carbocycles. The third-order valence-corrected chi connectivity index (χ3v) is 5.93. The smallest absolute Gasteiger partial charge is 0.282 e. The van der Waals surface area contributed by atoms with Crippen LogP contribution in [0.3, 0.4) is 0 Å². The number of nitrogens with one attached hydrogen (secondary N) is 1. The molecule has 5 heteroatoms. The molecule has 162 valence electrons. The molecule has 0 radical (unpaired) electrons. The van der Waals surface area contributed by atoms with Crippen LogP contribution in [-0.2, 0) is 9.59 Å². The number of methoxy groups -OCH3 is 1. The van der Waals surface area contributed by atoms with Crippen molar-refractivity contribution in [1.29, 1.82) is 0 Å². The Labute approximate surface area is 188 Å². The Hall–Kier alpha value is -3.86. The highest BCUT2D eigenvalue weighted by molar-refractivity contribution is 6.46. The fourth-order valence-corrected chi connectivity index (χ4v) is 3.87. The molecule has 1 aliphatic heterocycles. The summed E-state index contributed by atoms with van der Waals surface area (Å²) in [5, 5.41) is 3.28. The molecule has 0 bridgehead atoms. The second-order valence-corrected chi connectivity index (χ2v) is 8.09. The highest BCUT2D eigenvalue weighted by atomic mass is 16.5. The van der Waals surface area contributed by atoms with E-state index in [1.807, 2.05) is 64.1 Å². The van der Waals surface area contributed by atoms with Crippen LogP contribution >= 0.6 is 0 Å². The second kappa shape index (κ2) is 8.35. The molecule has 3 aromatic carbocycles. The van der Waals surface area contributed by atoms with Gasteiger partial charge in [0, 0.05) is 5.69 Å². The minimum atomic E-state index is -0.365. The van der Waals surface area contributed by atoms with Crippen LogP contribution in [0.25, 0.3) is 5.57 Å². The third-order valence-electron chi connectivity index (χ3n) is 5.93. The van der Waals surface area contributed by atoms with Crippen LogP contribution in [0.5, 0.6) is 5.75 Å². The summed E-state index contributed by atoms with van der Waals surface area (Å²) in [5.41, 5.74) is 6.65. The average molecular weight is 427 g/mol. The van der Waals surface area contributed by atoms with E-state index < -0.39 is 0 Å². The molecule has 3 aromatic rings. The molecule has 0 saturated heterocycles. The van der Waals surface area contributed by atoms with Crippen molar-refractivity contribution < 1.29 is 14.3 Å². The molecule has 0 aromatic heterocycles. The maximum atomic E-state index is 13.7. The van der Waals surface area contributed by atoms with Crippen molar-refractivity contribution in [3.8, 4) is 5.75 Å². The third kappa shape index (κ3) is 3.66. The van der Waals surface area contributed by atoms with Crippen molar-refractivity contribution in [2.45, 2.75) is 27.7 Å². The van der Waals surface area contributed by atoms with Crippen LogP contribution in [0.15, 0.2) is 66.4 Å². The number of aryl methyl sites for hydroxylation is 3. The van der Waals surface area contributed by atoms with Gasteiger partial charge in [-0.2, -0.15) is 0 Å². The Bertz CT molecular complexity index is 1260. The van der Waals surface area contributed by atoms with Crippen LogP contribution in [-0.4, -0.2) is 18.9 Å². The van der Waals surface area contributed by atoms with Gasteiger partial charge >= 0.3 is 0 Å². The zero-order valence-electron chi connectivity index (χ0n) is 18.9. The van der Waals surface area contributed by atoms with Gasteiger partial charge in [-0.05, 0) is 79.8 Å². The lowest BCUT2D eigenvalue weighted by Gasteiger charge is -2.19. The molecule has 32 heavy (non-hydrogen) atoms. The lowest BCUT2D eigenvalue weighted by atomic mass is 10.0. The van der Waals surface area contributed by atoms with E-state index in [-0.39, 0.29) is 17.5 Å². The van der Waals surface area contributed by atoms with Gasteiger partial charge in [0.2, 0.25) is 0 Å². The average Bonchev–Trinajstić information content (AvgIpc) is 3.02. The first-order valence-electron chi connectivity index (χ1n) is 10.5. The zero-order chi connectivity index (χ0) is 23.0. The van der Waals surface area contributed by atoms with Gasteiger partial charge in [-0.25, -0.2) is 4.90 Å². The number of ether oxygens (including phenoxy) is 1. The SMILES string of the molecule is COc1ccc(C2=C(Nc3cc(C)ccc3C)C(=O)N(c3cccc(C)c3C)C2=O)cc1. The molecule has 0 spiro atoms. The molecule has 0 atom stereocenters. The molecule has 1 heterocycles. The maximum absolute atomic E-state index is 13.7. The fourth-order valence-electron chi connectivity index (χ4n) is 3.87. The van der Waals surface area contributed by atoms with Crippen molar-refractivity contribution in [3.63, 3.8) is 0 Å². The molecular formula is C27H26N2O3. The van der Waals surface area contributed by atoms with Crippen molar-refractivity contribution in [2.75, 3.05) is 17.3 Å². The van der Waals surface area contributed by atoms with Gasteiger partial charge < -0.3 is 10.1 Å². The highest BCUT2D eigenvalue weighted by Gasteiger charge is 2.41. The van der Waals surface area contributed by atoms with Gasteiger partial charge in [-0.3, -0.25) is 9.59 Å². The zero-order valence-corrected chi connectivity index (χ0v) is 18.9. The summed E-state index contributed by atoms with van der Waals surface area (Å²) in [4.78, 5) is 28.6. The largest absolute Gasteiger partial charge is 0.497 e. The Kier molecular flexibility index (Phi) is 5.57. The van der Waals surface area contributed by atoms with E-state index in [9.17, 15) is 9.59 Å². The Morgan fingerprint density at radius 2 is 1.53 bits per heavy atom. The van der Waals surface area contributed by atoms with Gasteiger partial charge in [0.15, 0.2) is 0 Å². The predicted octanol–water partition coefficient (Wildman–Crippen LogP) is 5.33. The number of hydrogen-bond donors (Lipinski definition) is 1. The first-order valence-corrected chi connectivity index (χ1v) is 10.5. The number of carbonyl (C=O) groups excluding carboxylic acids is 2. The van der Waals surface area contributed by atoms with Crippen LogP contribution in [0.1, 0.15) is 27.8 Å². The predicted molar refractivity (Wildman–Crippen MR) is 128 cm³/mol. The van der Waals surface area contributed by atoms with Gasteiger partial charge in [0.1, 0.15) is 11.4 Å². The topological polar surface area (TPSA) is 58.6 Å². The number of nitrogens with zero attached hydrogens (tertiary/aromatic N) is 1. The number of rotatable bonds is 5. The normalized spacial score (nSPS) is 13.7. The van der Waals surface area contributed by atoms with Gasteiger partial charge in [0.05, 0.1) is 18.4 Å². The summed E-state index contributed by atoms with van der Waals surface area (Å²) in [6.45, 7) is 7.86. The molecule has 0 fully saturated rings. The monoisotopic (exact) mass is 426 g/mol. The molecule has 5 nitrogen and oxygen atoms in total. The number of anilines is 2. The van der Waals surface area contributed by atoms with E-state index in [0.29, 0.717) is 22.6 Å². The molecule has 2 amide bonds. The van der Waals surface area contributed by atoms with Gasteiger partial charge in [-0.1, -0.05) is 36.4 Å². The quantitative estimate of drug-likeness (QED) is 0.561. The van der Waals surface area contributed by atoms with Gasteiger partial charge in [-0.15, -0.1) is 0 Å². The first-order chi connectivity index (χ1) is 15.3. The van der Waals surface area contributed by atoms with E-state index in [1.165, 1.54) is 4.90 Å². The number of carbonyl (C=O) groups is 2. The van der Waals surface area contributed by atoms with E-state index in [1.54, 1.807) is 31.4 Å². The summed E-state index contributed by atoms with van der Waals surface area (Å²) in [7, 11) is 1.59. The number of hydrogen-bond acceptors (Lipinski definition) is 4. The van der Waals surface area contributed by atoms with Crippen LogP contribution in [0, 0.1) is 27.7 Å². The van der Waals surface area contributed by atoms with E-state index in [2.05, 4.69) is 5.32 Å². The van der Waals surface area contributed by atoms with E-state index in [0.717, 1.165) is 27.9 Å². The van der Waals surface area contributed by atoms with E-state index >= 15 is 0 Å².